The van der Waals surface area contributed by atoms with Gasteiger partial charge in [0.2, 0.25) is 5.91 Å². The second kappa shape index (κ2) is 10.2. The minimum atomic E-state index is -1.09. The van der Waals surface area contributed by atoms with E-state index in [1.165, 1.54) is 30.1 Å². The van der Waals surface area contributed by atoms with Crippen molar-refractivity contribution in [1.82, 2.24) is 25.3 Å². The molecule has 10 heteroatoms. The van der Waals surface area contributed by atoms with Gasteiger partial charge in [-0.05, 0) is 48.4 Å². The summed E-state index contributed by atoms with van der Waals surface area (Å²) in [6.45, 7) is 3.66. The van der Waals surface area contributed by atoms with Crippen molar-refractivity contribution < 1.29 is 19.5 Å². The zero-order valence-corrected chi connectivity index (χ0v) is 20.0. The second-order valence-electron chi connectivity index (χ2n) is 8.21. The zero-order valence-electron chi connectivity index (χ0n) is 20.0. The van der Waals surface area contributed by atoms with Gasteiger partial charge in [-0.3, -0.25) is 14.6 Å². The van der Waals surface area contributed by atoms with Crippen LogP contribution in [-0.4, -0.2) is 49.9 Å². The number of aromatic carboxylic acids is 1. The van der Waals surface area contributed by atoms with Crippen molar-refractivity contribution in [2.45, 2.75) is 20.4 Å². The average Bonchev–Trinajstić information content (AvgIpc) is 3.36. The Morgan fingerprint density at radius 3 is 2.64 bits per heavy atom. The number of carboxylic acids is 1. The van der Waals surface area contributed by atoms with Crippen molar-refractivity contribution in [3.63, 3.8) is 0 Å². The van der Waals surface area contributed by atoms with Gasteiger partial charge in [-0.25, -0.2) is 9.48 Å². The molecular formula is C26H24N6O4. The number of benzene rings is 2. The maximum atomic E-state index is 12.8. The number of amides is 2. The number of anilines is 1. The first-order chi connectivity index (χ1) is 17.2. The van der Waals surface area contributed by atoms with Gasteiger partial charge >= 0.3 is 5.97 Å². The third-order valence-corrected chi connectivity index (χ3v) is 5.76. The summed E-state index contributed by atoms with van der Waals surface area (Å²) >= 11 is 0. The largest absolute Gasteiger partial charge is 0.478 e. The standard InChI is InChI=1S/C26H24N6O4/c1-16-11-19(25(34)28-13-18-5-4-6-20(12-18)31(3)17(2)33)7-8-21(16)23-15-32(30-29-23)24-14-27-10-9-22(24)26(35)36/h4-12,14-15H,13H2,1-3H3,(H,28,34)(H,35,36). The summed E-state index contributed by atoms with van der Waals surface area (Å²) in [4.78, 5) is 41.4. The fourth-order valence-electron chi connectivity index (χ4n) is 3.69. The Bertz CT molecular complexity index is 1460. The van der Waals surface area contributed by atoms with Gasteiger partial charge in [-0.15, -0.1) is 5.10 Å². The van der Waals surface area contributed by atoms with E-state index < -0.39 is 5.97 Å². The van der Waals surface area contributed by atoms with Crippen molar-refractivity contribution >= 4 is 23.5 Å². The predicted molar refractivity (Wildman–Crippen MR) is 133 cm³/mol. The molecule has 0 fully saturated rings. The molecule has 0 aliphatic carbocycles. The minimum absolute atomic E-state index is 0.0590. The molecule has 2 heterocycles. The van der Waals surface area contributed by atoms with Gasteiger partial charge in [0.15, 0.2) is 0 Å². The highest BCUT2D eigenvalue weighted by molar-refractivity contribution is 5.95. The number of rotatable bonds is 7. The predicted octanol–water partition coefficient (Wildman–Crippen LogP) is 3.25. The number of carboxylic acid groups (broad SMARTS) is 1. The van der Waals surface area contributed by atoms with Crippen LogP contribution in [0.4, 0.5) is 5.69 Å². The summed E-state index contributed by atoms with van der Waals surface area (Å²) in [7, 11) is 1.70. The molecular weight excluding hydrogens is 460 g/mol. The molecule has 0 aliphatic heterocycles. The van der Waals surface area contributed by atoms with E-state index in [2.05, 4.69) is 20.6 Å². The number of hydrogen-bond donors (Lipinski definition) is 2. The van der Waals surface area contributed by atoms with E-state index in [0.717, 1.165) is 22.4 Å². The van der Waals surface area contributed by atoms with E-state index in [4.69, 9.17) is 0 Å². The lowest BCUT2D eigenvalue weighted by Crippen LogP contribution is -2.24. The molecule has 0 bridgehead atoms. The van der Waals surface area contributed by atoms with Gasteiger partial charge in [0, 0.05) is 43.5 Å². The van der Waals surface area contributed by atoms with Crippen LogP contribution in [0.5, 0.6) is 0 Å². The number of carbonyl (C=O) groups is 3. The summed E-state index contributed by atoms with van der Waals surface area (Å²) in [5.74, 6) is -1.40. The van der Waals surface area contributed by atoms with Crippen molar-refractivity contribution in [2.24, 2.45) is 0 Å². The van der Waals surface area contributed by atoms with Gasteiger partial charge in [0.05, 0.1) is 23.6 Å². The number of aryl methyl sites for hydroxylation is 1. The Hall–Kier alpha value is -4.86. The van der Waals surface area contributed by atoms with Crippen LogP contribution in [0.2, 0.25) is 0 Å². The topological polar surface area (TPSA) is 130 Å². The first-order valence-corrected chi connectivity index (χ1v) is 11.1. The van der Waals surface area contributed by atoms with Crippen LogP contribution < -0.4 is 10.2 Å². The molecule has 0 spiro atoms. The highest BCUT2D eigenvalue weighted by atomic mass is 16.4. The smallest absolute Gasteiger partial charge is 0.338 e. The number of pyridine rings is 1. The van der Waals surface area contributed by atoms with E-state index in [-0.39, 0.29) is 17.4 Å². The first kappa shape index (κ1) is 24.3. The number of aromatic nitrogens is 4. The van der Waals surface area contributed by atoms with Crippen LogP contribution in [-0.2, 0) is 11.3 Å². The van der Waals surface area contributed by atoms with Crippen LogP contribution in [0.1, 0.15) is 38.8 Å². The molecule has 2 aromatic carbocycles. The van der Waals surface area contributed by atoms with Crippen LogP contribution in [0.25, 0.3) is 16.9 Å². The molecule has 0 saturated carbocycles. The molecule has 0 atom stereocenters. The second-order valence-corrected chi connectivity index (χ2v) is 8.21. The number of nitrogens with zero attached hydrogens (tertiary/aromatic N) is 5. The van der Waals surface area contributed by atoms with Crippen molar-refractivity contribution in [2.75, 3.05) is 11.9 Å². The minimum Gasteiger partial charge on any atom is -0.478 e. The molecule has 0 unspecified atom stereocenters. The fraction of sp³-hybridized carbons (Fsp3) is 0.154. The third kappa shape index (κ3) is 5.12. The molecule has 4 aromatic rings. The Balaban J connectivity index is 1.49. The molecule has 2 aromatic heterocycles. The molecule has 2 N–H and O–H groups in total. The third-order valence-electron chi connectivity index (χ3n) is 5.76. The monoisotopic (exact) mass is 484 g/mol. The van der Waals surface area contributed by atoms with E-state index in [0.29, 0.717) is 23.5 Å². The molecule has 10 nitrogen and oxygen atoms in total. The molecule has 36 heavy (non-hydrogen) atoms. The maximum absolute atomic E-state index is 12.8. The van der Waals surface area contributed by atoms with E-state index in [1.54, 1.807) is 36.3 Å². The van der Waals surface area contributed by atoms with Crippen LogP contribution in [0.15, 0.2) is 67.1 Å². The van der Waals surface area contributed by atoms with E-state index >= 15 is 0 Å². The molecule has 2 amide bonds. The lowest BCUT2D eigenvalue weighted by Gasteiger charge is -2.16. The highest BCUT2D eigenvalue weighted by Gasteiger charge is 2.16. The molecule has 4 rings (SSSR count). The fourth-order valence-corrected chi connectivity index (χ4v) is 3.69. The number of nitrogens with one attached hydrogen (secondary N) is 1. The summed E-state index contributed by atoms with van der Waals surface area (Å²) < 4.78 is 1.36. The first-order valence-electron chi connectivity index (χ1n) is 11.1. The summed E-state index contributed by atoms with van der Waals surface area (Å²) in [6, 6.07) is 14.1. The SMILES string of the molecule is CC(=O)N(C)c1cccc(CNC(=O)c2ccc(-c3cn(-c4cnccc4C(=O)O)nn3)c(C)c2)c1. The Kier molecular flexibility index (Phi) is 6.86. The molecule has 0 radical (unpaired) electrons. The lowest BCUT2D eigenvalue weighted by molar-refractivity contribution is -0.116. The Morgan fingerprint density at radius 2 is 1.92 bits per heavy atom. The van der Waals surface area contributed by atoms with Crippen LogP contribution >= 0.6 is 0 Å². The molecule has 0 aliphatic rings. The van der Waals surface area contributed by atoms with Crippen molar-refractivity contribution in [3.8, 4) is 16.9 Å². The quantitative estimate of drug-likeness (QED) is 0.412. The summed E-state index contributed by atoms with van der Waals surface area (Å²) in [5, 5.41) is 20.5. The van der Waals surface area contributed by atoms with E-state index in [9.17, 15) is 19.5 Å². The average molecular weight is 485 g/mol. The summed E-state index contributed by atoms with van der Waals surface area (Å²) in [6.07, 6.45) is 4.44. The molecule has 0 saturated heterocycles. The van der Waals surface area contributed by atoms with Crippen LogP contribution in [0, 0.1) is 6.92 Å². The van der Waals surface area contributed by atoms with Crippen molar-refractivity contribution in [3.05, 3.63) is 89.4 Å². The van der Waals surface area contributed by atoms with Gasteiger partial charge in [0.25, 0.3) is 5.91 Å². The number of hydrogen-bond acceptors (Lipinski definition) is 6. The number of carbonyl (C=O) groups excluding carboxylic acids is 2. The summed E-state index contributed by atoms with van der Waals surface area (Å²) in [5.41, 5.74) is 4.58. The highest BCUT2D eigenvalue weighted by Crippen LogP contribution is 2.24. The van der Waals surface area contributed by atoms with Gasteiger partial charge in [0.1, 0.15) is 5.69 Å². The van der Waals surface area contributed by atoms with Crippen molar-refractivity contribution in [1.29, 1.82) is 0 Å². The van der Waals surface area contributed by atoms with E-state index in [1.807, 2.05) is 31.2 Å². The molecule has 182 valence electrons. The normalized spacial score (nSPS) is 10.6. The zero-order chi connectivity index (χ0) is 25.8. The lowest BCUT2D eigenvalue weighted by atomic mass is 10.0. The Morgan fingerprint density at radius 1 is 1.11 bits per heavy atom. The van der Waals surface area contributed by atoms with Gasteiger partial charge in [-0.2, -0.15) is 0 Å². The maximum Gasteiger partial charge on any atom is 0.338 e. The Labute approximate surface area is 207 Å². The van der Waals surface area contributed by atoms with Gasteiger partial charge < -0.3 is 15.3 Å². The van der Waals surface area contributed by atoms with Gasteiger partial charge in [-0.1, -0.05) is 23.4 Å². The van der Waals surface area contributed by atoms with Crippen LogP contribution in [0.3, 0.4) is 0 Å².